The van der Waals surface area contributed by atoms with Crippen LogP contribution in [0.3, 0.4) is 0 Å². The molecule has 1 aromatic heterocycles. The third kappa shape index (κ3) is 6.82. The molecule has 0 unspecified atom stereocenters. The van der Waals surface area contributed by atoms with Crippen molar-refractivity contribution in [3.8, 4) is 11.5 Å². The Hall–Kier alpha value is -5.17. The molecule has 7 nitrogen and oxygen atoms in total. The van der Waals surface area contributed by atoms with Crippen molar-refractivity contribution in [3.63, 3.8) is 0 Å². The molecule has 0 aliphatic rings. The summed E-state index contributed by atoms with van der Waals surface area (Å²) < 4.78 is 12.2. The van der Waals surface area contributed by atoms with E-state index in [0.29, 0.717) is 35.8 Å². The van der Waals surface area contributed by atoms with Gasteiger partial charge in [0.05, 0.1) is 5.52 Å². The summed E-state index contributed by atoms with van der Waals surface area (Å²) in [6.45, 7) is 0.674. The maximum atomic E-state index is 12.9. The molecule has 2 N–H and O–H groups in total. The predicted molar refractivity (Wildman–Crippen MR) is 152 cm³/mol. The van der Waals surface area contributed by atoms with E-state index in [1.165, 1.54) is 0 Å². The van der Waals surface area contributed by atoms with Crippen molar-refractivity contribution < 1.29 is 24.2 Å². The van der Waals surface area contributed by atoms with Crippen molar-refractivity contribution in [2.45, 2.75) is 25.7 Å². The topological polar surface area (TPSA) is 97.8 Å². The number of fused-ring (bicyclic) bond motifs is 1. The highest BCUT2D eigenvalue weighted by molar-refractivity contribution is 5.97. The molecule has 0 aliphatic heterocycles. The van der Waals surface area contributed by atoms with E-state index < -0.39 is 17.9 Å². The van der Waals surface area contributed by atoms with Gasteiger partial charge in [0, 0.05) is 11.8 Å². The lowest BCUT2D eigenvalue weighted by Gasteiger charge is -2.17. The number of hydrogen-bond donors (Lipinski definition) is 2. The minimum atomic E-state index is -1.17. The van der Waals surface area contributed by atoms with Crippen molar-refractivity contribution in [3.05, 3.63) is 138 Å². The van der Waals surface area contributed by atoms with Crippen molar-refractivity contribution in [2.75, 3.05) is 0 Å². The summed E-state index contributed by atoms with van der Waals surface area (Å²) in [6.07, 6.45) is 0.0509. The molecule has 4 aromatic carbocycles. The molecule has 1 amide bonds. The number of rotatable bonds is 11. The highest BCUT2D eigenvalue weighted by atomic mass is 16.5. The lowest BCUT2D eigenvalue weighted by molar-refractivity contribution is -0.139. The van der Waals surface area contributed by atoms with Crippen LogP contribution in [0.2, 0.25) is 0 Å². The van der Waals surface area contributed by atoms with Crippen molar-refractivity contribution in [1.29, 1.82) is 0 Å². The third-order valence-electron chi connectivity index (χ3n) is 6.36. The van der Waals surface area contributed by atoms with Crippen molar-refractivity contribution >= 4 is 22.8 Å². The number of ether oxygens (including phenoxy) is 2. The molecule has 0 spiro atoms. The molecule has 5 rings (SSSR count). The van der Waals surface area contributed by atoms with E-state index in [-0.39, 0.29) is 12.1 Å². The molecule has 0 bridgehead atoms. The van der Waals surface area contributed by atoms with Crippen LogP contribution < -0.4 is 14.8 Å². The van der Waals surface area contributed by atoms with E-state index in [2.05, 4.69) is 10.3 Å². The Labute approximate surface area is 232 Å². The van der Waals surface area contributed by atoms with Crippen molar-refractivity contribution in [2.24, 2.45) is 0 Å². The van der Waals surface area contributed by atoms with Crippen LogP contribution in [-0.4, -0.2) is 28.0 Å². The van der Waals surface area contributed by atoms with E-state index >= 15 is 0 Å². The van der Waals surface area contributed by atoms with E-state index in [0.717, 1.165) is 16.5 Å². The van der Waals surface area contributed by atoms with Crippen LogP contribution in [0, 0.1) is 0 Å². The molecule has 40 heavy (non-hydrogen) atoms. The molecular formula is C33H28N2O5. The van der Waals surface area contributed by atoms with Crippen molar-refractivity contribution in [1.82, 2.24) is 10.3 Å². The van der Waals surface area contributed by atoms with Crippen LogP contribution in [-0.2, 0) is 24.4 Å². The molecule has 0 radical (unpaired) electrons. The standard InChI is InChI=1S/C33H28N2O5/c36-32(28-17-16-26-13-7-8-14-27(26)34-28)35-29(33(37)38)19-25-15-18-30(39-21-23-9-3-1-4-10-23)31(20-25)40-22-24-11-5-2-6-12-24/h1-18,20,29H,19,21-22H2,(H,35,36)(H,37,38)/t29-/m1/s1. The van der Waals surface area contributed by atoms with Gasteiger partial charge in [0.2, 0.25) is 0 Å². The number of aromatic nitrogens is 1. The summed E-state index contributed by atoms with van der Waals surface area (Å²) in [5.74, 6) is -0.671. The quantitative estimate of drug-likeness (QED) is 0.223. The Balaban J connectivity index is 1.33. The van der Waals surface area contributed by atoms with Gasteiger partial charge in [-0.05, 0) is 41.0 Å². The summed E-state index contributed by atoms with van der Waals surface area (Å²) in [4.78, 5) is 29.4. The predicted octanol–water partition coefficient (Wildman–Crippen LogP) is 5.82. The van der Waals surface area contributed by atoms with Crippen LogP contribution in [0.1, 0.15) is 27.2 Å². The number of carbonyl (C=O) groups excluding carboxylic acids is 1. The molecule has 0 aliphatic carbocycles. The number of pyridine rings is 1. The average molecular weight is 533 g/mol. The number of para-hydroxylation sites is 1. The van der Waals surface area contributed by atoms with Crippen LogP contribution in [0.15, 0.2) is 115 Å². The first-order valence-corrected chi connectivity index (χ1v) is 12.9. The summed E-state index contributed by atoms with van der Waals surface area (Å²) >= 11 is 0. The zero-order valence-electron chi connectivity index (χ0n) is 21.7. The van der Waals surface area contributed by atoms with Gasteiger partial charge >= 0.3 is 5.97 Å². The number of carbonyl (C=O) groups is 2. The molecule has 1 atom stereocenters. The Kier molecular flexibility index (Phi) is 8.32. The minimum absolute atomic E-state index is 0.0509. The second-order valence-corrected chi connectivity index (χ2v) is 9.29. The summed E-state index contributed by atoms with van der Waals surface area (Å²) in [6, 6.07) is 34.5. The number of carboxylic acids is 1. The molecule has 0 fully saturated rings. The summed E-state index contributed by atoms with van der Waals surface area (Å²) in [5, 5.41) is 13.4. The Morgan fingerprint density at radius 3 is 2.00 bits per heavy atom. The average Bonchev–Trinajstić information content (AvgIpc) is 2.99. The number of hydrogen-bond acceptors (Lipinski definition) is 5. The van der Waals surface area contributed by atoms with Gasteiger partial charge in [-0.15, -0.1) is 0 Å². The highest BCUT2D eigenvalue weighted by Gasteiger charge is 2.23. The first kappa shape index (κ1) is 26.4. The zero-order valence-corrected chi connectivity index (χ0v) is 21.7. The molecular weight excluding hydrogens is 504 g/mol. The lowest BCUT2D eigenvalue weighted by atomic mass is 10.0. The fraction of sp³-hybridized carbons (Fsp3) is 0.121. The second-order valence-electron chi connectivity index (χ2n) is 9.29. The van der Waals surface area contributed by atoms with E-state index in [4.69, 9.17) is 9.47 Å². The number of carboxylic acid groups (broad SMARTS) is 1. The number of benzene rings is 4. The maximum Gasteiger partial charge on any atom is 0.326 e. The lowest BCUT2D eigenvalue weighted by Crippen LogP contribution is -2.42. The van der Waals surface area contributed by atoms with Gasteiger partial charge in [-0.3, -0.25) is 4.79 Å². The Morgan fingerprint density at radius 1 is 0.700 bits per heavy atom. The van der Waals surface area contributed by atoms with Crippen LogP contribution in [0.25, 0.3) is 10.9 Å². The van der Waals surface area contributed by atoms with Gasteiger partial charge < -0.3 is 19.9 Å². The number of nitrogens with zero attached hydrogens (tertiary/aromatic N) is 1. The van der Waals surface area contributed by atoms with E-state index in [1.807, 2.05) is 78.9 Å². The van der Waals surface area contributed by atoms with E-state index in [1.54, 1.807) is 36.4 Å². The Morgan fingerprint density at radius 2 is 1.32 bits per heavy atom. The monoisotopic (exact) mass is 532 g/mol. The molecule has 1 heterocycles. The SMILES string of the molecule is O=C(N[C@H](Cc1ccc(OCc2ccccc2)c(OCc2ccccc2)c1)C(=O)O)c1ccc2ccccc2n1. The molecule has 0 saturated heterocycles. The normalized spacial score (nSPS) is 11.5. The first-order chi connectivity index (χ1) is 19.5. The van der Waals surface area contributed by atoms with Gasteiger partial charge in [-0.1, -0.05) is 91.0 Å². The maximum absolute atomic E-state index is 12.9. The third-order valence-corrected chi connectivity index (χ3v) is 6.36. The number of nitrogens with one attached hydrogen (secondary N) is 1. The molecule has 5 aromatic rings. The highest BCUT2D eigenvalue weighted by Crippen LogP contribution is 2.31. The van der Waals surface area contributed by atoms with Gasteiger partial charge in [0.15, 0.2) is 11.5 Å². The van der Waals surface area contributed by atoms with Gasteiger partial charge in [0.25, 0.3) is 5.91 Å². The first-order valence-electron chi connectivity index (χ1n) is 12.9. The smallest absolute Gasteiger partial charge is 0.326 e. The van der Waals surface area contributed by atoms with Gasteiger partial charge in [-0.2, -0.15) is 0 Å². The van der Waals surface area contributed by atoms with Crippen LogP contribution in [0.4, 0.5) is 0 Å². The Bertz CT molecular complexity index is 1610. The van der Waals surface area contributed by atoms with Crippen LogP contribution >= 0.6 is 0 Å². The zero-order chi connectivity index (χ0) is 27.7. The van der Waals surface area contributed by atoms with Gasteiger partial charge in [-0.25, -0.2) is 9.78 Å². The fourth-order valence-electron chi connectivity index (χ4n) is 4.24. The number of amides is 1. The largest absolute Gasteiger partial charge is 0.485 e. The van der Waals surface area contributed by atoms with Gasteiger partial charge in [0.1, 0.15) is 24.9 Å². The van der Waals surface area contributed by atoms with Crippen LogP contribution in [0.5, 0.6) is 11.5 Å². The number of aliphatic carboxylic acids is 1. The summed E-state index contributed by atoms with van der Waals surface area (Å²) in [5.41, 5.74) is 3.49. The molecule has 0 saturated carbocycles. The fourth-order valence-corrected chi connectivity index (χ4v) is 4.24. The molecule has 200 valence electrons. The minimum Gasteiger partial charge on any atom is -0.485 e. The van der Waals surface area contributed by atoms with E-state index in [9.17, 15) is 14.7 Å². The summed E-state index contributed by atoms with van der Waals surface area (Å²) in [7, 11) is 0. The second kappa shape index (κ2) is 12.6. The molecule has 7 heteroatoms.